The van der Waals surface area contributed by atoms with Crippen molar-refractivity contribution in [3.8, 4) is 0 Å². The van der Waals surface area contributed by atoms with Crippen LogP contribution in [-0.2, 0) is 13.5 Å². The molecule has 0 saturated carbocycles. The zero-order valence-corrected chi connectivity index (χ0v) is 12.6. The van der Waals surface area contributed by atoms with Gasteiger partial charge in [-0.15, -0.1) is 0 Å². The van der Waals surface area contributed by atoms with Crippen LogP contribution in [0.15, 0.2) is 18.2 Å². The van der Waals surface area contributed by atoms with E-state index in [1.807, 2.05) is 6.92 Å². The Hall–Kier alpha value is -1.14. The van der Waals surface area contributed by atoms with Gasteiger partial charge in [0.1, 0.15) is 5.82 Å². The van der Waals surface area contributed by atoms with E-state index in [4.69, 9.17) is 29.0 Å². The molecule has 0 fully saturated rings. The summed E-state index contributed by atoms with van der Waals surface area (Å²) in [6.07, 6.45) is 0.407. The van der Waals surface area contributed by atoms with Gasteiger partial charge in [-0.3, -0.25) is 16.0 Å². The molecule has 0 aliphatic carbocycles. The molecule has 1 heterocycles. The zero-order chi connectivity index (χ0) is 14.9. The maximum atomic E-state index is 14.1. The van der Waals surface area contributed by atoms with E-state index >= 15 is 0 Å². The first kappa shape index (κ1) is 15.3. The standard InChI is InChI=1S/C13H15Cl2FN4/c1-7-12(15)11(20(2)19-7)6-10(18-17)8-4-3-5-9(14)13(8)16/h3-5,10,18H,6,17H2,1-2H3. The fourth-order valence-corrected chi connectivity index (χ4v) is 2.56. The third-order valence-electron chi connectivity index (χ3n) is 3.22. The number of nitrogens with two attached hydrogens (primary N) is 1. The van der Waals surface area contributed by atoms with E-state index in [1.165, 1.54) is 6.07 Å². The first-order valence-corrected chi connectivity index (χ1v) is 6.79. The van der Waals surface area contributed by atoms with E-state index < -0.39 is 11.9 Å². The number of hydrazine groups is 1. The zero-order valence-electron chi connectivity index (χ0n) is 11.1. The molecule has 108 valence electrons. The Morgan fingerprint density at radius 2 is 2.15 bits per heavy atom. The maximum absolute atomic E-state index is 14.1. The van der Waals surface area contributed by atoms with Crippen molar-refractivity contribution in [1.29, 1.82) is 0 Å². The fourth-order valence-electron chi connectivity index (χ4n) is 2.14. The van der Waals surface area contributed by atoms with Crippen LogP contribution in [0.5, 0.6) is 0 Å². The highest BCUT2D eigenvalue weighted by molar-refractivity contribution is 6.32. The summed E-state index contributed by atoms with van der Waals surface area (Å²) in [5, 5.41) is 4.86. The lowest BCUT2D eigenvalue weighted by atomic mass is 10.0. The summed E-state index contributed by atoms with van der Waals surface area (Å²) >= 11 is 12.0. The van der Waals surface area contributed by atoms with Gasteiger partial charge in [-0.25, -0.2) is 4.39 Å². The molecule has 0 spiro atoms. The number of nitrogens with one attached hydrogen (secondary N) is 1. The van der Waals surface area contributed by atoms with E-state index in [0.29, 0.717) is 17.0 Å². The van der Waals surface area contributed by atoms with Crippen LogP contribution in [0, 0.1) is 12.7 Å². The highest BCUT2D eigenvalue weighted by atomic mass is 35.5. The number of aryl methyl sites for hydroxylation is 2. The predicted molar refractivity (Wildman–Crippen MR) is 78.1 cm³/mol. The van der Waals surface area contributed by atoms with Crippen molar-refractivity contribution >= 4 is 23.2 Å². The normalized spacial score (nSPS) is 12.7. The molecule has 7 heteroatoms. The Morgan fingerprint density at radius 3 is 2.70 bits per heavy atom. The predicted octanol–water partition coefficient (Wildman–Crippen LogP) is 2.92. The third kappa shape index (κ3) is 2.81. The molecule has 2 aromatic rings. The molecule has 2 rings (SSSR count). The summed E-state index contributed by atoms with van der Waals surface area (Å²) in [7, 11) is 1.79. The van der Waals surface area contributed by atoms with Gasteiger partial charge in [0, 0.05) is 19.0 Å². The molecular formula is C13H15Cl2FN4. The number of aromatic nitrogens is 2. The molecule has 4 nitrogen and oxygen atoms in total. The maximum Gasteiger partial charge on any atom is 0.146 e. The number of hydrogen-bond donors (Lipinski definition) is 2. The van der Waals surface area contributed by atoms with Crippen LogP contribution >= 0.6 is 23.2 Å². The Bertz CT molecular complexity index is 627. The Labute approximate surface area is 126 Å². The number of rotatable bonds is 4. The lowest BCUT2D eigenvalue weighted by Gasteiger charge is -2.18. The van der Waals surface area contributed by atoms with Crippen LogP contribution in [0.25, 0.3) is 0 Å². The average Bonchev–Trinajstić information content (AvgIpc) is 2.65. The van der Waals surface area contributed by atoms with Gasteiger partial charge in [0.05, 0.1) is 27.5 Å². The average molecular weight is 317 g/mol. The third-order valence-corrected chi connectivity index (χ3v) is 4.00. The Balaban J connectivity index is 2.36. The van der Waals surface area contributed by atoms with Crippen LogP contribution in [0.1, 0.15) is 23.0 Å². The van der Waals surface area contributed by atoms with Gasteiger partial charge in [-0.05, 0) is 13.0 Å². The van der Waals surface area contributed by atoms with Gasteiger partial charge in [0.2, 0.25) is 0 Å². The molecule has 0 aliphatic rings. The highest BCUT2D eigenvalue weighted by Gasteiger charge is 2.21. The van der Waals surface area contributed by atoms with Crippen LogP contribution in [-0.4, -0.2) is 9.78 Å². The van der Waals surface area contributed by atoms with Crippen LogP contribution in [0.4, 0.5) is 4.39 Å². The van der Waals surface area contributed by atoms with Gasteiger partial charge in [0.15, 0.2) is 0 Å². The summed E-state index contributed by atoms with van der Waals surface area (Å²) in [6, 6.07) is 4.38. The lowest BCUT2D eigenvalue weighted by molar-refractivity contribution is 0.497. The fraction of sp³-hybridized carbons (Fsp3) is 0.308. The van der Waals surface area contributed by atoms with Crippen LogP contribution in [0.2, 0.25) is 10.0 Å². The van der Waals surface area contributed by atoms with Crippen molar-refractivity contribution in [3.63, 3.8) is 0 Å². The number of nitrogens with zero attached hydrogens (tertiary/aromatic N) is 2. The lowest BCUT2D eigenvalue weighted by Crippen LogP contribution is -2.31. The van der Waals surface area contributed by atoms with Crippen molar-refractivity contribution in [3.05, 3.63) is 51.0 Å². The van der Waals surface area contributed by atoms with Crippen molar-refractivity contribution in [2.24, 2.45) is 12.9 Å². The number of benzene rings is 1. The summed E-state index contributed by atoms with van der Waals surface area (Å²) in [6.45, 7) is 1.82. The Kier molecular flexibility index (Phi) is 4.65. The van der Waals surface area contributed by atoms with E-state index in [0.717, 1.165) is 11.4 Å². The summed E-state index contributed by atoms with van der Waals surface area (Å²) < 4.78 is 15.7. The summed E-state index contributed by atoms with van der Waals surface area (Å²) in [5.41, 5.74) is 4.51. The van der Waals surface area contributed by atoms with Crippen molar-refractivity contribution < 1.29 is 4.39 Å². The molecule has 0 amide bonds. The van der Waals surface area contributed by atoms with Gasteiger partial charge in [-0.1, -0.05) is 35.3 Å². The molecule has 3 N–H and O–H groups in total. The summed E-state index contributed by atoms with van der Waals surface area (Å²) in [5.74, 6) is 5.07. The molecule has 1 aromatic carbocycles. The summed E-state index contributed by atoms with van der Waals surface area (Å²) in [4.78, 5) is 0. The minimum Gasteiger partial charge on any atom is -0.271 e. The second-order valence-corrected chi connectivity index (χ2v) is 5.32. The molecule has 0 radical (unpaired) electrons. The van der Waals surface area contributed by atoms with Gasteiger partial charge in [-0.2, -0.15) is 5.10 Å². The highest BCUT2D eigenvalue weighted by Crippen LogP contribution is 2.28. The first-order valence-electron chi connectivity index (χ1n) is 6.03. The first-order chi connectivity index (χ1) is 9.45. The second kappa shape index (κ2) is 6.10. The van der Waals surface area contributed by atoms with Crippen molar-refractivity contribution in [1.82, 2.24) is 15.2 Å². The molecular weight excluding hydrogens is 302 g/mol. The smallest absolute Gasteiger partial charge is 0.146 e. The minimum atomic E-state index is -0.480. The Morgan fingerprint density at radius 1 is 1.45 bits per heavy atom. The molecule has 20 heavy (non-hydrogen) atoms. The van der Waals surface area contributed by atoms with Crippen molar-refractivity contribution in [2.75, 3.05) is 0 Å². The number of halogens is 3. The van der Waals surface area contributed by atoms with E-state index in [9.17, 15) is 4.39 Å². The van der Waals surface area contributed by atoms with Gasteiger partial charge >= 0.3 is 0 Å². The molecule has 1 atom stereocenters. The van der Waals surface area contributed by atoms with Gasteiger partial charge < -0.3 is 0 Å². The topological polar surface area (TPSA) is 55.9 Å². The van der Waals surface area contributed by atoms with Crippen LogP contribution < -0.4 is 11.3 Å². The SMILES string of the molecule is Cc1nn(C)c(CC(NN)c2cccc(Cl)c2F)c1Cl. The van der Waals surface area contributed by atoms with E-state index in [1.54, 1.807) is 23.9 Å². The minimum absolute atomic E-state index is 0.0648. The quantitative estimate of drug-likeness (QED) is 0.673. The van der Waals surface area contributed by atoms with Gasteiger partial charge in [0.25, 0.3) is 0 Å². The molecule has 0 aliphatic heterocycles. The second-order valence-electron chi connectivity index (χ2n) is 4.54. The molecule has 1 unspecified atom stereocenters. The van der Waals surface area contributed by atoms with Crippen molar-refractivity contribution in [2.45, 2.75) is 19.4 Å². The largest absolute Gasteiger partial charge is 0.271 e. The molecule has 0 saturated heterocycles. The number of hydrogen-bond acceptors (Lipinski definition) is 3. The van der Waals surface area contributed by atoms with Crippen LogP contribution in [0.3, 0.4) is 0 Å². The van der Waals surface area contributed by atoms with E-state index in [2.05, 4.69) is 10.5 Å². The monoisotopic (exact) mass is 316 g/mol. The molecule has 0 bridgehead atoms. The van der Waals surface area contributed by atoms with E-state index in [-0.39, 0.29) is 5.02 Å². The molecule has 1 aromatic heterocycles.